The first kappa shape index (κ1) is 17.1. The molecule has 0 bridgehead atoms. The van der Waals surface area contributed by atoms with Gasteiger partial charge in [-0.3, -0.25) is 9.69 Å². The van der Waals surface area contributed by atoms with Crippen LogP contribution in [-0.4, -0.2) is 34.0 Å². The number of nitrogens with zero attached hydrogens (tertiary/aromatic N) is 2. The van der Waals surface area contributed by atoms with Crippen molar-refractivity contribution < 1.29 is 9.90 Å². The van der Waals surface area contributed by atoms with Gasteiger partial charge < -0.3 is 5.11 Å². The molecule has 128 valence electrons. The molecule has 1 fully saturated rings. The molecule has 0 saturated carbocycles. The third kappa shape index (κ3) is 3.52. The zero-order valence-corrected chi connectivity index (χ0v) is 15.3. The first-order chi connectivity index (χ1) is 11.4. The van der Waals surface area contributed by atoms with E-state index in [4.69, 9.17) is 0 Å². The SMILES string of the molecule is CC(C)c1ccc(-c2ncc(CN3CCC(C)(C(=O)O)C3)s2)cc1. The standard InChI is InChI=1S/C19H24N2O2S/c1-13(2)14-4-6-15(7-5-14)17-20-10-16(24-17)11-21-9-8-19(3,12-21)18(22)23/h4-7,10,13H,8-9,11-12H2,1-3H3,(H,22,23). The second kappa shape index (κ2) is 6.65. The van der Waals surface area contributed by atoms with E-state index >= 15 is 0 Å². The molecule has 1 aromatic heterocycles. The fourth-order valence-corrected chi connectivity index (χ4v) is 4.07. The molecule has 5 heteroatoms. The highest BCUT2D eigenvalue weighted by atomic mass is 32.1. The molecule has 24 heavy (non-hydrogen) atoms. The van der Waals surface area contributed by atoms with E-state index in [1.54, 1.807) is 11.3 Å². The van der Waals surface area contributed by atoms with Crippen LogP contribution in [0, 0.1) is 5.41 Å². The van der Waals surface area contributed by atoms with Gasteiger partial charge in [0.05, 0.1) is 5.41 Å². The lowest BCUT2D eigenvalue weighted by atomic mass is 9.90. The third-order valence-corrected chi connectivity index (χ3v) is 5.86. The molecule has 0 amide bonds. The highest BCUT2D eigenvalue weighted by molar-refractivity contribution is 7.15. The highest BCUT2D eigenvalue weighted by Crippen LogP contribution is 2.33. The summed E-state index contributed by atoms with van der Waals surface area (Å²) in [5.41, 5.74) is 1.87. The van der Waals surface area contributed by atoms with Crippen LogP contribution >= 0.6 is 11.3 Å². The van der Waals surface area contributed by atoms with Gasteiger partial charge in [0.1, 0.15) is 5.01 Å². The van der Waals surface area contributed by atoms with Crippen LogP contribution in [0.3, 0.4) is 0 Å². The number of hydrogen-bond donors (Lipinski definition) is 1. The summed E-state index contributed by atoms with van der Waals surface area (Å²) in [6.45, 7) is 8.45. The largest absolute Gasteiger partial charge is 0.481 e. The molecule has 1 N–H and O–H groups in total. The first-order valence-corrected chi connectivity index (χ1v) is 9.20. The minimum atomic E-state index is -0.694. The number of benzene rings is 1. The normalized spacial score (nSPS) is 21.5. The van der Waals surface area contributed by atoms with Crippen LogP contribution in [0.15, 0.2) is 30.5 Å². The third-order valence-electron chi connectivity index (χ3n) is 4.83. The maximum atomic E-state index is 11.3. The van der Waals surface area contributed by atoms with Gasteiger partial charge in [-0.2, -0.15) is 0 Å². The van der Waals surface area contributed by atoms with E-state index in [-0.39, 0.29) is 0 Å². The van der Waals surface area contributed by atoms with Crippen molar-refractivity contribution in [3.63, 3.8) is 0 Å². The Kier molecular flexibility index (Phi) is 4.74. The molecule has 2 aromatic rings. The molecule has 0 spiro atoms. The summed E-state index contributed by atoms with van der Waals surface area (Å²) < 4.78 is 0. The van der Waals surface area contributed by atoms with Gasteiger partial charge in [0.2, 0.25) is 0 Å². The maximum absolute atomic E-state index is 11.3. The Balaban J connectivity index is 1.67. The van der Waals surface area contributed by atoms with E-state index < -0.39 is 11.4 Å². The van der Waals surface area contributed by atoms with E-state index in [2.05, 4.69) is 48.0 Å². The number of hydrogen-bond acceptors (Lipinski definition) is 4. The summed E-state index contributed by atoms with van der Waals surface area (Å²) in [7, 11) is 0. The van der Waals surface area contributed by atoms with Gasteiger partial charge in [-0.1, -0.05) is 38.1 Å². The van der Waals surface area contributed by atoms with Gasteiger partial charge in [-0.05, 0) is 31.4 Å². The smallest absolute Gasteiger partial charge is 0.310 e. The number of rotatable bonds is 5. The van der Waals surface area contributed by atoms with Crippen LogP contribution in [-0.2, 0) is 11.3 Å². The average molecular weight is 344 g/mol. The summed E-state index contributed by atoms with van der Waals surface area (Å²) in [5, 5.41) is 10.4. The molecule has 3 rings (SSSR count). The number of aromatic nitrogens is 1. The van der Waals surface area contributed by atoms with Crippen LogP contribution in [0.4, 0.5) is 0 Å². The molecule has 1 unspecified atom stereocenters. The van der Waals surface area contributed by atoms with Crippen molar-refractivity contribution in [3.8, 4) is 10.6 Å². The van der Waals surface area contributed by atoms with Crippen LogP contribution in [0.25, 0.3) is 10.6 Å². The average Bonchev–Trinajstić information content (AvgIpc) is 3.16. The zero-order chi connectivity index (χ0) is 17.3. The monoisotopic (exact) mass is 344 g/mol. The van der Waals surface area contributed by atoms with E-state index in [0.717, 1.165) is 23.7 Å². The Morgan fingerprint density at radius 1 is 1.38 bits per heavy atom. The number of carboxylic acids is 1. The summed E-state index contributed by atoms with van der Waals surface area (Å²) in [6, 6.07) is 8.60. The lowest BCUT2D eigenvalue weighted by molar-refractivity contribution is -0.147. The fourth-order valence-electron chi connectivity index (χ4n) is 3.11. The van der Waals surface area contributed by atoms with Crippen LogP contribution in [0.2, 0.25) is 0 Å². The van der Waals surface area contributed by atoms with Crippen molar-refractivity contribution in [3.05, 3.63) is 40.9 Å². The second-order valence-electron chi connectivity index (χ2n) is 7.23. The van der Waals surface area contributed by atoms with Gasteiger partial charge in [0.15, 0.2) is 0 Å². The van der Waals surface area contributed by atoms with Gasteiger partial charge in [-0.15, -0.1) is 11.3 Å². The molecule has 4 nitrogen and oxygen atoms in total. The summed E-state index contributed by atoms with van der Waals surface area (Å²) in [4.78, 5) is 19.3. The topological polar surface area (TPSA) is 53.4 Å². The lowest BCUT2D eigenvalue weighted by Gasteiger charge is -2.19. The predicted molar refractivity (Wildman–Crippen MR) is 97.3 cm³/mol. The lowest BCUT2D eigenvalue weighted by Crippen LogP contribution is -2.31. The molecule has 1 saturated heterocycles. The Morgan fingerprint density at radius 3 is 2.67 bits per heavy atom. The fraction of sp³-hybridized carbons (Fsp3) is 0.474. The van der Waals surface area contributed by atoms with Crippen molar-refractivity contribution in [1.82, 2.24) is 9.88 Å². The second-order valence-corrected chi connectivity index (χ2v) is 8.35. The zero-order valence-electron chi connectivity index (χ0n) is 14.5. The highest BCUT2D eigenvalue weighted by Gasteiger charge is 2.40. The quantitative estimate of drug-likeness (QED) is 0.882. The number of carboxylic acid groups (broad SMARTS) is 1. The molecule has 1 aliphatic rings. The van der Waals surface area contributed by atoms with Crippen molar-refractivity contribution in [2.45, 2.75) is 39.7 Å². The van der Waals surface area contributed by atoms with Crippen molar-refractivity contribution in [1.29, 1.82) is 0 Å². The Labute approximate surface area is 147 Å². The van der Waals surface area contributed by atoms with Crippen molar-refractivity contribution in [2.75, 3.05) is 13.1 Å². The minimum absolute atomic E-state index is 0.532. The van der Waals surface area contributed by atoms with E-state index in [1.807, 2.05) is 13.1 Å². The Morgan fingerprint density at radius 2 is 2.08 bits per heavy atom. The molecule has 2 heterocycles. The molecule has 1 atom stereocenters. The predicted octanol–water partition coefficient (Wildman–Crippen LogP) is 4.23. The number of aliphatic carboxylic acids is 1. The summed E-state index contributed by atoms with van der Waals surface area (Å²) >= 11 is 1.70. The van der Waals surface area contributed by atoms with Crippen LogP contribution < -0.4 is 0 Å². The molecular formula is C19H24N2O2S. The van der Waals surface area contributed by atoms with Crippen molar-refractivity contribution in [2.24, 2.45) is 5.41 Å². The van der Waals surface area contributed by atoms with Crippen LogP contribution in [0.5, 0.6) is 0 Å². The van der Waals surface area contributed by atoms with Gasteiger partial charge in [-0.25, -0.2) is 4.98 Å². The number of thiazole rings is 1. The first-order valence-electron chi connectivity index (χ1n) is 8.38. The van der Waals surface area contributed by atoms with Crippen molar-refractivity contribution >= 4 is 17.3 Å². The molecule has 1 aliphatic heterocycles. The van der Waals surface area contributed by atoms with E-state index in [1.165, 1.54) is 10.4 Å². The Hall–Kier alpha value is -1.72. The molecular weight excluding hydrogens is 320 g/mol. The number of likely N-dealkylation sites (tertiary alicyclic amines) is 1. The molecule has 1 aromatic carbocycles. The minimum Gasteiger partial charge on any atom is -0.481 e. The maximum Gasteiger partial charge on any atom is 0.310 e. The van der Waals surface area contributed by atoms with Gasteiger partial charge in [0.25, 0.3) is 0 Å². The van der Waals surface area contributed by atoms with E-state index in [9.17, 15) is 9.90 Å². The van der Waals surface area contributed by atoms with Gasteiger partial charge in [0, 0.05) is 29.7 Å². The summed E-state index contributed by atoms with van der Waals surface area (Å²) in [6.07, 6.45) is 2.64. The van der Waals surface area contributed by atoms with Gasteiger partial charge >= 0.3 is 5.97 Å². The van der Waals surface area contributed by atoms with E-state index in [0.29, 0.717) is 18.9 Å². The molecule has 0 radical (unpaired) electrons. The summed E-state index contributed by atoms with van der Waals surface area (Å²) in [5.74, 6) is -0.162. The Bertz CT molecular complexity index is 723. The number of carbonyl (C=O) groups is 1. The van der Waals surface area contributed by atoms with Crippen LogP contribution in [0.1, 0.15) is 43.6 Å². The molecule has 0 aliphatic carbocycles.